The Morgan fingerprint density at radius 2 is 1.68 bits per heavy atom. The number of ether oxygens (including phenoxy) is 3. The summed E-state index contributed by atoms with van der Waals surface area (Å²) in [6.07, 6.45) is 7.08. The predicted octanol–water partition coefficient (Wildman–Crippen LogP) is 3.44. The quantitative estimate of drug-likeness (QED) is 0.817. The van der Waals surface area contributed by atoms with Crippen LogP contribution in [-0.4, -0.2) is 20.8 Å². The van der Waals surface area contributed by atoms with Crippen LogP contribution in [0.3, 0.4) is 0 Å². The molecule has 2 aliphatic rings. The van der Waals surface area contributed by atoms with Crippen LogP contribution in [-0.2, 0) is 16.8 Å². The molecule has 0 unspecified atom stereocenters. The van der Waals surface area contributed by atoms with E-state index in [2.05, 4.69) is 12.1 Å². The van der Waals surface area contributed by atoms with Gasteiger partial charge >= 0.3 is 0 Å². The van der Waals surface area contributed by atoms with Gasteiger partial charge in [0.25, 0.3) is 0 Å². The average Bonchev–Trinajstić information content (AvgIpc) is 2.47. The molecule has 1 spiro atoms. The molecule has 3 nitrogen and oxygen atoms in total. The molecular weight excluding hydrogens is 240 g/mol. The third-order valence-electron chi connectivity index (χ3n) is 4.51. The van der Waals surface area contributed by atoms with Crippen LogP contribution in [0.5, 0.6) is 11.5 Å². The van der Waals surface area contributed by atoms with Gasteiger partial charge in [-0.15, -0.1) is 0 Å². The molecule has 0 N–H and O–H groups in total. The van der Waals surface area contributed by atoms with E-state index in [4.69, 9.17) is 14.2 Å². The van der Waals surface area contributed by atoms with E-state index in [-0.39, 0.29) is 5.60 Å². The van der Waals surface area contributed by atoms with Gasteiger partial charge in [0.1, 0.15) is 0 Å². The van der Waals surface area contributed by atoms with Gasteiger partial charge < -0.3 is 14.2 Å². The highest BCUT2D eigenvalue weighted by Gasteiger charge is 2.39. The highest BCUT2D eigenvalue weighted by atomic mass is 16.5. The summed E-state index contributed by atoms with van der Waals surface area (Å²) in [5, 5.41) is 0. The van der Waals surface area contributed by atoms with Gasteiger partial charge in [-0.2, -0.15) is 0 Å². The zero-order valence-corrected chi connectivity index (χ0v) is 11.8. The maximum Gasteiger partial charge on any atom is 0.161 e. The number of hydrogen-bond donors (Lipinski definition) is 0. The second-order valence-corrected chi connectivity index (χ2v) is 5.52. The van der Waals surface area contributed by atoms with Crippen molar-refractivity contribution in [3.8, 4) is 11.5 Å². The van der Waals surface area contributed by atoms with Crippen LogP contribution in [0.1, 0.15) is 43.2 Å². The van der Waals surface area contributed by atoms with E-state index in [9.17, 15) is 0 Å². The zero-order valence-electron chi connectivity index (χ0n) is 11.8. The molecule has 3 rings (SSSR count). The molecule has 0 radical (unpaired) electrons. The van der Waals surface area contributed by atoms with Crippen LogP contribution in [0.15, 0.2) is 12.1 Å². The fourth-order valence-electron chi connectivity index (χ4n) is 3.52. The zero-order chi connectivity index (χ0) is 13.3. The van der Waals surface area contributed by atoms with Crippen molar-refractivity contribution in [3.63, 3.8) is 0 Å². The summed E-state index contributed by atoms with van der Waals surface area (Å²) >= 11 is 0. The van der Waals surface area contributed by atoms with Crippen LogP contribution in [0, 0.1) is 0 Å². The molecule has 0 bridgehead atoms. The fourth-order valence-corrected chi connectivity index (χ4v) is 3.52. The molecule has 0 amide bonds. The topological polar surface area (TPSA) is 27.7 Å². The Kier molecular flexibility index (Phi) is 3.40. The van der Waals surface area contributed by atoms with Gasteiger partial charge in [-0.05, 0) is 42.5 Å². The largest absolute Gasteiger partial charge is 0.493 e. The molecule has 0 aromatic heterocycles. The van der Waals surface area contributed by atoms with Crippen LogP contribution < -0.4 is 9.47 Å². The molecular formula is C16H22O3. The molecule has 1 aromatic rings. The Hall–Kier alpha value is -1.22. The smallest absolute Gasteiger partial charge is 0.161 e. The first kappa shape index (κ1) is 12.8. The summed E-state index contributed by atoms with van der Waals surface area (Å²) in [7, 11) is 3.39. The minimum Gasteiger partial charge on any atom is -0.493 e. The minimum absolute atomic E-state index is 0.0641. The minimum atomic E-state index is -0.0641. The van der Waals surface area contributed by atoms with Crippen LogP contribution in [0.2, 0.25) is 0 Å². The summed E-state index contributed by atoms with van der Waals surface area (Å²) in [4.78, 5) is 0. The molecule has 1 aliphatic carbocycles. The monoisotopic (exact) mass is 262 g/mol. The van der Waals surface area contributed by atoms with Gasteiger partial charge in [-0.1, -0.05) is 19.3 Å². The number of rotatable bonds is 2. The van der Waals surface area contributed by atoms with Gasteiger partial charge in [-0.25, -0.2) is 0 Å². The third-order valence-corrected chi connectivity index (χ3v) is 4.51. The van der Waals surface area contributed by atoms with E-state index in [0.29, 0.717) is 0 Å². The fraction of sp³-hybridized carbons (Fsp3) is 0.625. The first-order chi connectivity index (χ1) is 9.29. The number of hydrogen-bond acceptors (Lipinski definition) is 3. The first-order valence-electron chi connectivity index (χ1n) is 7.18. The van der Waals surface area contributed by atoms with E-state index in [1.165, 1.54) is 30.4 Å². The molecule has 1 aromatic carbocycles. The normalized spacial score (nSPS) is 20.9. The van der Waals surface area contributed by atoms with Crippen LogP contribution >= 0.6 is 0 Å². The van der Waals surface area contributed by atoms with Crippen molar-refractivity contribution in [1.29, 1.82) is 0 Å². The summed E-state index contributed by atoms with van der Waals surface area (Å²) in [5.74, 6) is 1.64. The lowest BCUT2D eigenvalue weighted by atomic mass is 9.76. The highest BCUT2D eigenvalue weighted by Crippen LogP contribution is 2.47. The second-order valence-electron chi connectivity index (χ2n) is 5.52. The van der Waals surface area contributed by atoms with Crippen molar-refractivity contribution in [3.05, 3.63) is 23.3 Å². The Labute approximate surface area is 114 Å². The molecule has 0 saturated heterocycles. The summed E-state index contributed by atoms with van der Waals surface area (Å²) in [6.45, 7) is 0.822. The van der Waals surface area contributed by atoms with E-state index in [1.54, 1.807) is 14.2 Å². The van der Waals surface area contributed by atoms with Crippen molar-refractivity contribution < 1.29 is 14.2 Å². The lowest BCUT2D eigenvalue weighted by Gasteiger charge is -2.42. The second kappa shape index (κ2) is 5.04. The Bertz CT molecular complexity index is 461. The molecule has 3 heteroatoms. The maximum absolute atomic E-state index is 6.21. The lowest BCUT2D eigenvalue weighted by molar-refractivity contribution is -0.0849. The first-order valence-corrected chi connectivity index (χ1v) is 7.18. The van der Waals surface area contributed by atoms with Crippen molar-refractivity contribution in [2.75, 3.05) is 20.8 Å². The molecule has 1 fully saturated rings. The van der Waals surface area contributed by atoms with Gasteiger partial charge in [-0.3, -0.25) is 0 Å². The maximum atomic E-state index is 6.21. The Morgan fingerprint density at radius 3 is 2.37 bits per heavy atom. The van der Waals surface area contributed by atoms with E-state index in [0.717, 1.165) is 37.4 Å². The summed E-state index contributed by atoms with van der Waals surface area (Å²) < 4.78 is 17.1. The van der Waals surface area contributed by atoms with Crippen LogP contribution in [0.4, 0.5) is 0 Å². The van der Waals surface area contributed by atoms with Crippen molar-refractivity contribution >= 4 is 0 Å². The Balaban J connectivity index is 2.08. The van der Waals surface area contributed by atoms with Crippen LogP contribution in [0.25, 0.3) is 0 Å². The Morgan fingerprint density at radius 1 is 1.00 bits per heavy atom. The van der Waals surface area contributed by atoms with Crippen molar-refractivity contribution in [2.45, 2.75) is 44.1 Å². The van der Waals surface area contributed by atoms with E-state index in [1.807, 2.05) is 0 Å². The van der Waals surface area contributed by atoms with Gasteiger partial charge in [0.15, 0.2) is 11.5 Å². The highest BCUT2D eigenvalue weighted by molar-refractivity contribution is 5.50. The SMILES string of the molecule is COc1cc2c(cc1OC)C1(CCCCC1)OCC2. The number of benzene rings is 1. The van der Waals surface area contributed by atoms with Gasteiger partial charge in [0.05, 0.1) is 26.4 Å². The van der Waals surface area contributed by atoms with E-state index < -0.39 is 0 Å². The third kappa shape index (κ3) is 2.10. The molecule has 1 heterocycles. The lowest BCUT2D eigenvalue weighted by Crippen LogP contribution is -2.37. The number of fused-ring (bicyclic) bond motifs is 2. The van der Waals surface area contributed by atoms with E-state index >= 15 is 0 Å². The summed E-state index contributed by atoms with van der Waals surface area (Å²) in [5.41, 5.74) is 2.63. The van der Waals surface area contributed by atoms with Crippen molar-refractivity contribution in [1.82, 2.24) is 0 Å². The molecule has 0 atom stereocenters. The predicted molar refractivity (Wildman–Crippen MR) is 74.0 cm³/mol. The number of methoxy groups -OCH3 is 2. The molecule has 104 valence electrons. The standard InChI is InChI=1S/C16H22O3/c1-17-14-10-12-6-9-19-16(7-4-3-5-8-16)13(12)11-15(14)18-2/h10-11H,3-9H2,1-2H3. The van der Waals surface area contributed by atoms with Gasteiger partial charge in [0, 0.05) is 0 Å². The molecule has 19 heavy (non-hydrogen) atoms. The summed E-state index contributed by atoms with van der Waals surface area (Å²) in [6, 6.07) is 4.27. The molecule has 1 saturated carbocycles. The van der Waals surface area contributed by atoms with Crippen molar-refractivity contribution in [2.24, 2.45) is 0 Å². The van der Waals surface area contributed by atoms with Gasteiger partial charge in [0.2, 0.25) is 0 Å². The average molecular weight is 262 g/mol. The molecule has 1 aliphatic heterocycles.